The summed E-state index contributed by atoms with van der Waals surface area (Å²) in [6, 6.07) is 11.6. The summed E-state index contributed by atoms with van der Waals surface area (Å²) in [7, 11) is -3.74. The lowest BCUT2D eigenvalue weighted by molar-refractivity contribution is -0.116. The number of hydrogen-bond donors (Lipinski definition) is 2. The summed E-state index contributed by atoms with van der Waals surface area (Å²) >= 11 is 3.32. The van der Waals surface area contributed by atoms with Gasteiger partial charge in [0.05, 0.1) is 4.90 Å². The van der Waals surface area contributed by atoms with E-state index < -0.39 is 10.0 Å². The molecule has 26 heavy (non-hydrogen) atoms. The predicted molar refractivity (Wildman–Crippen MR) is 100 cm³/mol. The summed E-state index contributed by atoms with van der Waals surface area (Å²) in [6.45, 7) is 0.792. The number of benzene rings is 2. The molecule has 7 nitrogen and oxygen atoms in total. The van der Waals surface area contributed by atoms with Gasteiger partial charge in [-0.3, -0.25) is 4.79 Å². The SMILES string of the molecule is O=C(CCNS(=O)(=O)c1ccc2c(c1)OCCO2)Nc1cccc(Br)c1. The molecule has 0 aromatic heterocycles. The Bertz CT molecular complexity index is 917. The van der Waals surface area contributed by atoms with Crippen molar-refractivity contribution in [3.05, 3.63) is 46.9 Å². The molecule has 2 aromatic carbocycles. The van der Waals surface area contributed by atoms with Crippen LogP contribution in [0.5, 0.6) is 11.5 Å². The van der Waals surface area contributed by atoms with Crippen LogP contribution < -0.4 is 19.5 Å². The van der Waals surface area contributed by atoms with Crippen LogP contribution in [0.15, 0.2) is 51.8 Å². The molecule has 1 heterocycles. The molecule has 2 aromatic rings. The average Bonchev–Trinajstić information content (AvgIpc) is 2.61. The van der Waals surface area contributed by atoms with Crippen LogP contribution in [0.2, 0.25) is 0 Å². The number of hydrogen-bond acceptors (Lipinski definition) is 5. The van der Waals surface area contributed by atoms with Crippen molar-refractivity contribution in [2.45, 2.75) is 11.3 Å². The van der Waals surface area contributed by atoms with Crippen molar-refractivity contribution < 1.29 is 22.7 Å². The van der Waals surface area contributed by atoms with E-state index in [4.69, 9.17) is 9.47 Å². The minimum absolute atomic E-state index is 0.0102. The Morgan fingerprint density at radius 2 is 1.85 bits per heavy atom. The van der Waals surface area contributed by atoms with Gasteiger partial charge in [-0.05, 0) is 30.3 Å². The van der Waals surface area contributed by atoms with E-state index in [1.807, 2.05) is 6.07 Å². The maximum atomic E-state index is 12.4. The van der Waals surface area contributed by atoms with Gasteiger partial charge in [0.2, 0.25) is 15.9 Å². The van der Waals surface area contributed by atoms with E-state index in [2.05, 4.69) is 26.0 Å². The summed E-state index contributed by atoms with van der Waals surface area (Å²) in [6.07, 6.45) is 0.0102. The molecule has 1 aliphatic heterocycles. The molecule has 0 fully saturated rings. The van der Waals surface area contributed by atoms with Crippen molar-refractivity contribution in [1.82, 2.24) is 4.72 Å². The summed E-state index contributed by atoms with van der Waals surface area (Å²) in [4.78, 5) is 12.0. The topological polar surface area (TPSA) is 93.7 Å². The number of anilines is 1. The average molecular weight is 441 g/mol. The highest BCUT2D eigenvalue weighted by molar-refractivity contribution is 9.10. The highest BCUT2D eigenvalue weighted by Crippen LogP contribution is 2.32. The summed E-state index contributed by atoms with van der Waals surface area (Å²) in [5.74, 6) is 0.628. The van der Waals surface area contributed by atoms with E-state index >= 15 is 0 Å². The van der Waals surface area contributed by atoms with Gasteiger partial charge in [-0.25, -0.2) is 13.1 Å². The molecule has 0 bridgehead atoms. The first-order valence-electron chi connectivity index (χ1n) is 7.89. The molecule has 0 atom stereocenters. The van der Waals surface area contributed by atoms with E-state index in [1.165, 1.54) is 12.1 Å². The van der Waals surface area contributed by atoms with Crippen LogP contribution in [-0.2, 0) is 14.8 Å². The fraction of sp³-hybridized carbons (Fsp3) is 0.235. The Morgan fingerprint density at radius 1 is 1.08 bits per heavy atom. The number of carbonyl (C=O) groups is 1. The van der Waals surface area contributed by atoms with Crippen LogP contribution in [0.25, 0.3) is 0 Å². The van der Waals surface area contributed by atoms with Crippen LogP contribution in [-0.4, -0.2) is 34.1 Å². The summed E-state index contributed by atoms with van der Waals surface area (Å²) in [5, 5.41) is 2.71. The second-order valence-electron chi connectivity index (χ2n) is 5.51. The second-order valence-corrected chi connectivity index (χ2v) is 8.19. The predicted octanol–water partition coefficient (Wildman–Crippen LogP) is 2.53. The minimum atomic E-state index is -3.74. The van der Waals surface area contributed by atoms with Crippen molar-refractivity contribution >= 4 is 37.5 Å². The standard InChI is InChI=1S/C17H17BrN2O5S/c18-12-2-1-3-13(10-12)20-17(21)6-7-19-26(22,23)14-4-5-15-16(11-14)25-9-8-24-15/h1-5,10-11,19H,6-9H2,(H,20,21). The van der Waals surface area contributed by atoms with Crippen LogP contribution in [0, 0.1) is 0 Å². The van der Waals surface area contributed by atoms with Crippen molar-refractivity contribution in [2.75, 3.05) is 25.1 Å². The molecular formula is C17H17BrN2O5S. The highest BCUT2D eigenvalue weighted by Gasteiger charge is 2.19. The van der Waals surface area contributed by atoms with Gasteiger partial charge in [0.1, 0.15) is 13.2 Å². The molecule has 3 rings (SSSR count). The quantitative estimate of drug-likeness (QED) is 0.719. The summed E-state index contributed by atoms with van der Waals surface area (Å²) in [5.41, 5.74) is 0.638. The molecule has 0 aliphatic carbocycles. The van der Waals surface area contributed by atoms with Crippen molar-refractivity contribution in [3.63, 3.8) is 0 Å². The number of sulfonamides is 1. The van der Waals surface area contributed by atoms with Gasteiger partial charge in [0.25, 0.3) is 0 Å². The molecular weight excluding hydrogens is 424 g/mol. The molecule has 0 saturated carbocycles. The van der Waals surface area contributed by atoms with E-state index in [0.29, 0.717) is 30.4 Å². The molecule has 2 N–H and O–H groups in total. The van der Waals surface area contributed by atoms with Gasteiger partial charge in [-0.15, -0.1) is 0 Å². The Labute approximate surface area is 159 Å². The molecule has 0 spiro atoms. The minimum Gasteiger partial charge on any atom is -0.486 e. The number of halogens is 1. The van der Waals surface area contributed by atoms with Crippen LogP contribution in [0.1, 0.15) is 6.42 Å². The van der Waals surface area contributed by atoms with Gasteiger partial charge in [-0.2, -0.15) is 0 Å². The molecule has 9 heteroatoms. The lowest BCUT2D eigenvalue weighted by atomic mass is 10.3. The highest BCUT2D eigenvalue weighted by atomic mass is 79.9. The van der Waals surface area contributed by atoms with E-state index in [9.17, 15) is 13.2 Å². The van der Waals surface area contributed by atoms with Crippen molar-refractivity contribution in [3.8, 4) is 11.5 Å². The maximum Gasteiger partial charge on any atom is 0.240 e. The Kier molecular flexibility index (Phi) is 5.80. The van der Waals surface area contributed by atoms with E-state index in [1.54, 1.807) is 24.3 Å². The number of ether oxygens (including phenoxy) is 2. The van der Waals surface area contributed by atoms with Crippen molar-refractivity contribution in [1.29, 1.82) is 0 Å². The lowest BCUT2D eigenvalue weighted by Gasteiger charge is -2.18. The first-order chi connectivity index (χ1) is 12.4. The Balaban J connectivity index is 1.56. The fourth-order valence-electron chi connectivity index (χ4n) is 2.36. The second kappa shape index (κ2) is 8.07. The smallest absolute Gasteiger partial charge is 0.240 e. The first kappa shape index (κ1) is 18.7. The Morgan fingerprint density at radius 3 is 2.62 bits per heavy atom. The molecule has 0 unspecified atom stereocenters. The number of nitrogens with one attached hydrogen (secondary N) is 2. The van der Waals surface area contributed by atoms with Gasteiger partial charge in [0.15, 0.2) is 11.5 Å². The molecule has 1 aliphatic rings. The number of rotatable bonds is 6. The molecule has 0 saturated heterocycles. The summed E-state index contributed by atoms with van der Waals surface area (Å²) < 4.78 is 38.7. The van der Waals surface area contributed by atoms with Gasteiger partial charge in [-0.1, -0.05) is 22.0 Å². The maximum absolute atomic E-state index is 12.4. The van der Waals surface area contributed by atoms with E-state index in [0.717, 1.165) is 4.47 Å². The number of fused-ring (bicyclic) bond motifs is 1. The molecule has 0 radical (unpaired) electrons. The first-order valence-corrected chi connectivity index (χ1v) is 10.2. The van der Waals surface area contributed by atoms with Crippen molar-refractivity contribution in [2.24, 2.45) is 0 Å². The van der Waals surface area contributed by atoms with Gasteiger partial charge in [0, 0.05) is 29.2 Å². The molecule has 1 amide bonds. The van der Waals surface area contributed by atoms with Crippen LogP contribution in [0.4, 0.5) is 5.69 Å². The van der Waals surface area contributed by atoms with Crippen LogP contribution in [0.3, 0.4) is 0 Å². The third-order valence-electron chi connectivity index (χ3n) is 3.58. The third-order valence-corrected chi connectivity index (χ3v) is 5.53. The van der Waals surface area contributed by atoms with Gasteiger partial charge < -0.3 is 14.8 Å². The fourth-order valence-corrected chi connectivity index (χ4v) is 3.81. The van der Waals surface area contributed by atoms with E-state index in [-0.39, 0.29) is 23.8 Å². The Hall–Kier alpha value is -2.10. The zero-order valence-electron chi connectivity index (χ0n) is 13.7. The monoisotopic (exact) mass is 440 g/mol. The number of carbonyl (C=O) groups excluding carboxylic acids is 1. The molecule has 138 valence electrons. The zero-order valence-corrected chi connectivity index (χ0v) is 16.1. The largest absolute Gasteiger partial charge is 0.486 e. The normalized spacial score (nSPS) is 13.3. The lowest BCUT2D eigenvalue weighted by Crippen LogP contribution is -2.28. The number of amides is 1. The zero-order chi connectivity index (χ0) is 18.6. The van der Waals surface area contributed by atoms with Gasteiger partial charge >= 0.3 is 0 Å². The third kappa shape index (κ3) is 4.75. The van der Waals surface area contributed by atoms with Crippen LogP contribution >= 0.6 is 15.9 Å².